The molecule has 1 saturated carbocycles. The summed E-state index contributed by atoms with van der Waals surface area (Å²) in [6.45, 7) is 8.09. The number of terminal acetylenes is 1. The van der Waals surface area contributed by atoms with Gasteiger partial charge in [0.05, 0.1) is 36.2 Å². The monoisotopic (exact) mass is 527 g/mol. The molecule has 0 amide bonds. The van der Waals surface area contributed by atoms with Gasteiger partial charge in [-0.05, 0) is 61.9 Å². The molecule has 2 aliphatic rings. The van der Waals surface area contributed by atoms with E-state index in [1.54, 1.807) is 18.2 Å². The lowest BCUT2D eigenvalue weighted by molar-refractivity contribution is -0.160. The molecule has 7 heteroatoms. The lowest BCUT2D eigenvalue weighted by atomic mass is 9.82. The fourth-order valence-electron chi connectivity index (χ4n) is 6.17. The smallest absolute Gasteiger partial charge is 0.310 e. The van der Waals surface area contributed by atoms with Crippen molar-refractivity contribution in [3.05, 3.63) is 23.8 Å². The minimum atomic E-state index is -0.874. The molecule has 1 aliphatic carbocycles. The minimum Gasteiger partial charge on any atom is -0.462 e. The Labute approximate surface area is 228 Å². The van der Waals surface area contributed by atoms with Crippen molar-refractivity contribution in [2.75, 3.05) is 6.61 Å². The van der Waals surface area contributed by atoms with Crippen LogP contribution in [0, 0.1) is 59.2 Å². The van der Waals surface area contributed by atoms with Crippen molar-refractivity contribution in [2.45, 2.75) is 97.4 Å². The van der Waals surface area contributed by atoms with Crippen molar-refractivity contribution < 1.29 is 29.3 Å². The molecule has 1 heterocycles. The topological polar surface area (TPSA) is 117 Å². The molecule has 2 rings (SSSR count). The minimum absolute atomic E-state index is 0.0830. The number of cyclic esters (lactones) is 1. The highest BCUT2D eigenvalue weighted by atomic mass is 16.5. The Bertz CT molecular complexity index is 928. The van der Waals surface area contributed by atoms with Gasteiger partial charge in [-0.1, -0.05) is 52.2 Å². The normalized spacial score (nSPS) is 38.3. The Morgan fingerprint density at radius 3 is 2.47 bits per heavy atom. The number of esters is 2. The van der Waals surface area contributed by atoms with Gasteiger partial charge in [-0.15, -0.1) is 6.42 Å². The fraction of sp³-hybridized carbons (Fsp3) is 0.710. The summed E-state index contributed by atoms with van der Waals surface area (Å²) < 4.78 is 11.1. The number of hydrogen-bond acceptors (Lipinski definition) is 7. The molecule has 0 aromatic rings. The van der Waals surface area contributed by atoms with E-state index in [0.717, 1.165) is 25.7 Å². The van der Waals surface area contributed by atoms with Crippen molar-refractivity contribution in [3.8, 4) is 18.4 Å². The predicted octanol–water partition coefficient (Wildman–Crippen LogP) is 4.73. The van der Waals surface area contributed by atoms with Crippen molar-refractivity contribution in [1.29, 1.82) is 5.26 Å². The Balaban J connectivity index is 2.31. The van der Waals surface area contributed by atoms with E-state index in [-0.39, 0.29) is 42.3 Å². The first-order chi connectivity index (χ1) is 18.1. The van der Waals surface area contributed by atoms with Crippen LogP contribution in [-0.2, 0) is 19.1 Å². The fourth-order valence-corrected chi connectivity index (χ4v) is 6.17. The number of nitriles is 1. The first-order valence-corrected chi connectivity index (χ1v) is 14.0. The van der Waals surface area contributed by atoms with Crippen LogP contribution < -0.4 is 0 Å². The Morgan fingerprint density at radius 2 is 1.82 bits per heavy atom. The maximum atomic E-state index is 12.9. The molecule has 0 radical (unpaired) electrons. The lowest BCUT2D eigenvalue weighted by Gasteiger charge is -2.29. The quantitative estimate of drug-likeness (QED) is 0.403. The van der Waals surface area contributed by atoms with Crippen LogP contribution >= 0.6 is 0 Å². The van der Waals surface area contributed by atoms with Gasteiger partial charge in [-0.25, -0.2) is 0 Å². The predicted molar refractivity (Wildman–Crippen MR) is 145 cm³/mol. The van der Waals surface area contributed by atoms with Crippen LogP contribution in [-0.4, -0.2) is 47.1 Å². The molecule has 1 fully saturated rings. The highest BCUT2D eigenvalue weighted by molar-refractivity contribution is 5.74. The van der Waals surface area contributed by atoms with Crippen LogP contribution in [0.5, 0.6) is 0 Å². The van der Waals surface area contributed by atoms with Crippen LogP contribution in [0.15, 0.2) is 23.8 Å². The summed E-state index contributed by atoms with van der Waals surface area (Å²) in [7, 11) is 0. The number of rotatable bonds is 3. The average molecular weight is 528 g/mol. The Kier molecular flexibility index (Phi) is 13.1. The zero-order valence-corrected chi connectivity index (χ0v) is 23.3. The van der Waals surface area contributed by atoms with Gasteiger partial charge in [-0.2, -0.15) is 5.26 Å². The molecule has 38 heavy (non-hydrogen) atoms. The zero-order valence-electron chi connectivity index (χ0n) is 23.3. The van der Waals surface area contributed by atoms with Gasteiger partial charge in [0, 0.05) is 12.3 Å². The van der Waals surface area contributed by atoms with Crippen LogP contribution in [0.25, 0.3) is 0 Å². The molecular formula is C31H45NO6. The van der Waals surface area contributed by atoms with E-state index >= 15 is 0 Å². The number of aliphatic hydroxyl groups is 2. The largest absolute Gasteiger partial charge is 0.462 e. The third kappa shape index (κ3) is 9.61. The van der Waals surface area contributed by atoms with E-state index in [9.17, 15) is 25.1 Å². The van der Waals surface area contributed by atoms with E-state index in [2.05, 4.69) is 25.8 Å². The summed E-state index contributed by atoms with van der Waals surface area (Å²) in [5.41, 5.74) is 0.289. The molecule has 2 N–H and O–H groups in total. The number of aliphatic hydroxyl groups excluding tert-OH is 2. The van der Waals surface area contributed by atoms with Gasteiger partial charge in [0.1, 0.15) is 6.10 Å². The van der Waals surface area contributed by atoms with Gasteiger partial charge in [0.2, 0.25) is 0 Å². The van der Waals surface area contributed by atoms with Gasteiger partial charge < -0.3 is 19.7 Å². The highest BCUT2D eigenvalue weighted by Gasteiger charge is 2.40. The standard InChI is InChI=1S/C31H45NO6/c1-6-14-37-31(36)26-12-9-11-25(26)28-13-8-7-10-24(19-32)30(35)23(5)17-21(3)15-20(2)16-22(4)27(33)18-29(34)38-28/h1,7-8,10,20-23,25-28,30,33,35H,9,11-18H2,2-5H3/b8-7+,24-10-/t20-,21+,22-,23-,25+,26+,27-,28-,30+/m0/s1. The van der Waals surface area contributed by atoms with E-state index in [1.165, 1.54) is 0 Å². The molecule has 0 aromatic carbocycles. The van der Waals surface area contributed by atoms with E-state index in [1.807, 2.05) is 13.8 Å². The molecule has 0 bridgehead atoms. The van der Waals surface area contributed by atoms with Crippen molar-refractivity contribution >= 4 is 11.9 Å². The van der Waals surface area contributed by atoms with E-state index in [0.29, 0.717) is 31.1 Å². The number of nitrogens with zero attached hydrogens (tertiary/aromatic N) is 1. The van der Waals surface area contributed by atoms with Crippen molar-refractivity contribution in [3.63, 3.8) is 0 Å². The first kappa shape index (κ1) is 31.6. The van der Waals surface area contributed by atoms with Crippen LogP contribution in [0.4, 0.5) is 0 Å². The molecule has 0 saturated heterocycles. The van der Waals surface area contributed by atoms with Gasteiger partial charge in [-0.3, -0.25) is 9.59 Å². The SMILES string of the molecule is C#CCOC(=O)[C@@H]1CCC[C@H]1[C@@H]1C/C=C/C=C(/C#N)[C@H](O)[C@@H](C)C[C@H](C)C[C@H](C)C[C@H](C)[C@@H](O)CC(=O)O1. The van der Waals surface area contributed by atoms with E-state index < -0.39 is 30.2 Å². The third-order valence-corrected chi connectivity index (χ3v) is 8.08. The average Bonchev–Trinajstić information content (AvgIpc) is 3.35. The molecule has 1 aliphatic heterocycles. The summed E-state index contributed by atoms with van der Waals surface area (Å²) in [5.74, 6) is 1.26. The second-order valence-corrected chi connectivity index (χ2v) is 11.5. The van der Waals surface area contributed by atoms with Crippen molar-refractivity contribution in [1.82, 2.24) is 0 Å². The second kappa shape index (κ2) is 15.7. The maximum absolute atomic E-state index is 12.9. The molecule has 210 valence electrons. The van der Waals surface area contributed by atoms with Crippen LogP contribution in [0.1, 0.15) is 79.1 Å². The second-order valence-electron chi connectivity index (χ2n) is 11.5. The Morgan fingerprint density at radius 1 is 1.13 bits per heavy atom. The van der Waals surface area contributed by atoms with Gasteiger partial charge in [0.25, 0.3) is 0 Å². The zero-order chi connectivity index (χ0) is 28.2. The van der Waals surface area contributed by atoms with Crippen molar-refractivity contribution in [2.24, 2.45) is 35.5 Å². The van der Waals surface area contributed by atoms with Crippen LogP contribution in [0.2, 0.25) is 0 Å². The van der Waals surface area contributed by atoms with Gasteiger partial charge in [0.15, 0.2) is 6.61 Å². The summed E-state index contributed by atoms with van der Waals surface area (Å²) in [5, 5.41) is 31.2. The summed E-state index contributed by atoms with van der Waals surface area (Å²) in [4.78, 5) is 25.6. The molecule has 9 atom stereocenters. The van der Waals surface area contributed by atoms with Gasteiger partial charge >= 0.3 is 11.9 Å². The number of carbonyl (C=O) groups excluding carboxylic acids is 2. The number of carbonyl (C=O) groups is 2. The number of allylic oxidation sites excluding steroid dienone is 2. The molecular weight excluding hydrogens is 482 g/mol. The maximum Gasteiger partial charge on any atom is 0.310 e. The van der Waals surface area contributed by atoms with Crippen LogP contribution in [0.3, 0.4) is 0 Å². The summed E-state index contributed by atoms with van der Waals surface area (Å²) in [6, 6.07) is 2.12. The first-order valence-electron chi connectivity index (χ1n) is 14.0. The summed E-state index contributed by atoms with van der Waals surface area (Å²) >= 11 is 0. The molecule has 0 spiro atoms. The molecule has 0 unspecified atom stereocenters. The number of hydrogen-bond donors (Lipinski definition) is 2. The summed E-state index contributed by atoms with van der Waals surface area (Å²) in [6.07, 6.45) is 12.9. The Hall–Kier alpha value is -2.61. The number of ether oxygens (including phenoxy) is 2. The lowest BCUT2D eigenvalue weighted by Crippen LogP contribution is -2.35. The van der Waals surface area contributed by atoms with E-state index in [4.69, 9.17) is 15.9 Å². The highest BCUT2D eigenvalue weighted by Crippen LogP contribution is 2.38. The molecule has 7 nitrogen and oxygen atoms in total. The third-order valence-electron chi connectivity index (χ3n) is 8.08. The molecule has 0 aromatic heterocycles.